The largest absolute Gasteiger partial charge is 0.494 e. The van der Waals surface area contributed by atoms with Crippen molar-refractivity contribution in [1.82, 2.24) is 14.9 Å². The summed E-state index contributed by atoms with van der Waals surface area (Å²) in [7, 11) is 0. The maximum atomic E-state index is 11.9. The van der Waals surface area contributed by atoms with Gasteiger partial charge < -0.3 is 14.6 Å². The van der Waals surface area contributed by atoms with Gasteiger partial charge in [-0.25, -0.2) is 4.98 Å². The Balaban J connectivity index is 1.67. The summed E-state index contributed by atoms with van der Waals surface area (Å²) in [6.45, 7) is 4.15. The van der Waals surface area contributed by atoms with Gasteiger partial charge in [-0.1, -0.05) is 18.2 Å². The Morgan fingerprint density at radius 3 is 3.00 bits per heavy atom. The van der Waals surface area contributed by atoms with Gasteiger partial charge in [0.25, 0.3) is 0 Å². The standard InChI is InChI=1S/C17H23N3O2/c1-2-22-16-7-4-3-6-15(16)8-9-17(21)19-10-5-12-20-13-11-18-14-20/h3-4,6-7,11,13-14H,2,5,8-10,12H2,1H3,(H,19,21). The summed E-state index contributed by atoms with van der Waals surface area (Å²) in [6, 6.07) is 7.88. The van der Waals surface area contributed by atoms with E-state index in [2.05, 4.69) is 10.3 Å². The topological polar surface area (TPSA) is 56.1 Å². The SMILES string of the molecule is CCOc1ccccc1CCC(=O)NCCCn1ccnc1. The normalized spacial score (nSPS) is 10.4. The number of amides is 1. The lowest BCUT2D eigenvalue weighted by atomic mass is 10.1. The first-order valence-corrected chi connectivity index (χ1v) is 7.72. The van der Waals surface area contributed by atoms with E-state index in [1.807, 2.05) is 42.0 Å². The van der Waals surface area contributed by atoms with Gasteiger partial charge in [-0.15, -0.1) is 0 Å². The second-order valence-corrected chi connectivity index (χ2v) is 5.04. The minimum atomic E-state index is 0.0805. The molecule has 0 unspecified atom stereocenters. The number of imidazole rings is 1. The molecule has 0 fully saturated rings. The van der Waals surface area contributed by atoms with Crippen molar-refractivity contribution >= 4 is 5.91 Å². The third-order valence-corrected chi connectivity index (χ3v) is 3.37. The Hall–Kier alpha value is -2.30. The quantitative estimate of drug-likeness (QED) is 0.724. The van der Waals surface area contributed by atoms with Crippen molar-refractivity contribution in [2.24, 2.45) is 0 Å². The van der Waals surface area contributed by atoms with Crippen LogP contribution in [0.5, 0.6) is 5.75 Å². The lowest BCUT2D eigenvalue weighted by molar-refractivity contribution is -0.121. The molecule has 1 amide bonds. The monoisotopic (exact) mass is 301 g/mol. The third kappa shape index (κ3) is 5.24. The van der Waals surface area contributed by atoms with Gasteiger partial charge in [0.15, 0.2) is 0 Å². The Morgan fingerprint density at radius 1 is 1.36 bits per heavy atom. The molecule has 0 saturated carbocycles. The maximum absolute atomic E-state index is 11.9. The van der Waals surface area contributed by atoms with Crippen molar-refractivity contribution in [3.63, 3.8) is 0 Å². The van der Waals surface area contributed by atoms with Crippen LogP contribution in [0.2, 0.25) is 0 Å². The Morgan fingerprint density at radius 2 is 2.23 bits per heavy atom. The van der Waals surface area contributed by atoms with E-state index in [1.165, 1.54) is 0 Å². The van der Waals surface area contributed by atoms with Crippen LogP contribution in [-0.4, -0.2) is 28.6 Å². The van der Waals surface area contributed by atoms with Gasteiger partial charge in [0.1, 0.15) is 5.75 Å². The number of carbonyl (C=O) groups is 1. The van der Waals surface area contributed by atoms with Crippen LogP contribution in [0.4, 0.5) is 0 Å². The molecule has 1 heterocycles. The molecule has 0 aliphatic rings. The molecule has 5 heteroatoms. The Labute approximate surface area is 131 Å². The predicted octanol–water partition coefficient (Wildman–Crippen LogP) is 2.42. The third-order valence-electron chi connectivity index (χ3n) is 3.37. The number of rotatable bonds is 9. The van der Waals surface area contributed by atoms with Crippen molar-refractivity contribution in [2.75, 3.05) is 13.2 Å². The fraction of sp³-hybridized carbons (Fsp3) is 0.412. The van der Waals surface area contributed by atoms with Crippen LogP contribution in [0.1, 0.15) is 25.3 Å². The molecule has 5 nitrogen and oxygen atoms in total. The molecule has 0 saturated heterocycles. The van der Waals surface area contributed by atoms with E-state index in [-0.39, 0.29) is 5.91 Å². The van der Waals surface area contributed by atoms with Crippen LogP contribution in [-0.2, 0) is 17.8 Å². The zero-order valence-electron chi connectivity index (χ0n) is 13.0. The molecule has 0 radical (unpaired) electrons. The first-order valence-electron chi connectivity index (χ1n) is 7.72. The molecule has 1 N–H and O–H groups in total. The van der Waals surface area contributed by atoms with E-state index in [1.54, 1.807) is 12.5 Å². The van der Waals surface area contributed by atoms with Gasteiger partial charge in [0.2, 0.25) is 5.91 Å². The predicted molar refractivity (Wildman–Crippen MR) is 85.8 cm³/mol. The van der Waals surface area contributed by atoms with E-state index in [4.69, 9.17) is 4.74 Å². The minimum absolute atomic E-state index is 0.0805. The van der Waals surface area contributed by atoms with Crippen molar-refractivity contribution < 1.29 is 9.53 Å². The molecule has 118 valence electrons. The average Bonchev–Trinajstić information content (AvgIpc) is 3.04. The summed E-state index contributed by atoms with van der Waals surface area (Å²) in [5.74, 6) is 0.954. The first kappa shape index (κ1) is 16.1. The average molecular weight is 301 g/mol. The summed E-state index contributed by atoms with van der Waals surface area (Å²) in [6.07, 6.45) is 7.55. The molecule has 0 aliphatic heterocycles. The van der Waals surface area contributed by atoms with Crippen molar-refractivity contribution in [1.29, 1.82) is 0 Å². The highest BCUT2D eigenvalue weighted by Gasteiger charge is 2.06. The number of para-hydroxylation sites is 1. The molecule has 1 aromatic carbocycles. The highest BCUT2D eigenvalue weighted by Crippen LogP contribution is 2.19. The molecule has 2 rings (SSSR count). The summed E-state index contributed by atoms with van der Waals surface area (Å²) in [5.41, 5.74) is 1.08. The van der Waals surface area contributed by atoms with Crippen molar-refractivity contribution in [3.8, 4) is 5.75 Å². The number of ether oxygens (including phenoxy) is 1. The summed E-state index contributed by atoms with van der Waals surface area (Å²) >= 11 is 0. The Kier molecular flexibility index (Phi) is 6.48. The van der Waals surface area contributed by atoms with E-state index < -0.39 is 0 Å². The number of nitrogens with one attached hydrogen (secondary N) is 1. The van der Waals surface area contributed by atoms with Crippen LogP contribution in [0.25, 0.3) is 0 Å². The van der Waals surface area contributed by atoms with E-state index in [0.717, 1.165) is 24.3 Å². The molecule has 0 bridgehead atoms. The number of carbonyl (C=O) groups excluding carboxylic acids is 1. The molecule has 22 heavy (non-hydrogen) atoms. The number of aromatic nitrogens is 2. The highest BCUT2D eigenvalue weighted by molar-refractivity contribution is 5.76. The highest BCUT2D eigenvalue weighted by atomic mass is 16.5. The smallest absolute Gasteiger partial charge is 0.220 e. The summed E-state index contributed by atoms with van der Waals surface area (Å²) in [4.78, 5) is 15.9. The van der Waals surface area contributed by atoms with Gasteiger partial charge in [0.05, 0.1) is 12.9 Å². The number of hydrogen-bond donors (Lipinski definition) is 1. The Bertz CT molecular complexity index is 567. The number of benzene rings is 1. The zero-order chi connectivity index (χ0) is 15.6. The molecule has 1 aromatic heterocycles. The van der Waals surface area contributed by atoms with Crippen LogP contribution < -0.4 is 10.1 Å². The molecule has 0 atom stereocenters. The molecule has 0 spiro atoms. The van der Waals surface area contributed by atoms with Gasteiger partial charge in [-0.3, -0.25) is 4.79 Å². The van der Waals surface area contributed by atoms with Gasteiger partial charge in [-0.2, -0.15) is 0 Å². The van der Waals surface area contributed by atoms with Crippen LogP contribution >= 0.6 is 0 Å². The first-order chi connectivity index (χ1) is 10.8. The second-order valence-electron chi connectivity index (χ2n) is 5.04. The molecule has 0 aliphatic carbocycles. The summed E-state index contributed by atoms with van der Waals surface area (Å²) in [5, 5.41) is 2.95. The zero-order valence-corrected chi connectivity index (χ0v) is 13.0. The van der Waals surface area contributed by atoms with E-state index in [0.29, 0.717) is 26.0 Å². The maximum Gasteiger partial charge on any atom is 0.220 e. The fourth-order valence-corrected chi connectivity index (χ4v) is 2.25. The van der Waals surface area contributed by atoms with Crippen LogP contribution in [0, 0.1) is 0 Å². The van der Waals surface area contributed by atoms with Gasteiger partial charge in [0, 0.05) is 31.9 Å². The number of aryl methyl sites for hydroxylation is 2. The lowest BCUT2D eigenvalue weighted by Gasteiger charge is -2.10. The van der Waals surface area contributed by atoms with Crippen molar-refractivity contribution in [2.45, 2.75) is 32.7 Å². The lowest BCUT2D eigenvalue weighted by Crippen LogP contribution is -2.25. The van der Waals surface area contributed by atoms with E-state index >= 15 is 0 Å². The molecular formula is C17H23N3O2. The van der Waals surface area contributed by atoms with Gasteiger partial charge >= 0.3 is 0 Å². The van der Waals surface area contributed by atoms with E-state index in [9.17, 15) is 4.79 Å². The second kappa shape index (κ2) is 8.87. The van der Waals surface area contributed by atoms with Crippen LogP contribution in [0.3, 0.4) is 0 Å². The fourth-order valence-electron chi connectivity index (χ4n) is 2.25. The van der Waals surface area contributed by atoms with Crippen molar-refractivity contribution in [3.05, 3.63) is 48.5 Å². The van der Waals surface area contributed by atoms with Gasteiger partial charge in [-0.05, 0) is 31.4 Å². The number of nitrogens with zero attached hydrogens (tertiary/aromatic N) is 2. The molecular weight excluding hydrogens is 278 g/mol. The summed E-state index contributed by atoms with van der Waals surface area (Å²) < 4.78 is 7.57. The number of hydrogen-bond acceptors (Lipinski definition) is 3. The molecule has 2 aromatic rings. The van der Waals surface area contributed by atoms with Crippen LogP contribution in [0.15, 0.2) is 43.0 Å². The minimum Gasteiger partial charge on any atom is -0.494 e.